The second-order valence-electron chi connectivity index (χ2n) is 7.22. The van der Waals surface area contributed by atoms with Crippen molar-refractivity contribution in [1.82, 2.24) is 20.2 Å². The molecule has 2 heterocycles. The largest absolute Gasteiger partial charge is 0.505 e. The van der Waals surface area contributed by atoms with Crippen molar-refractivity contribution in [2.45, 2.75) is 6.42 Å². The molecule has 0 aliphatic heterocycles. The number of nitrogens with zero attached hydrogens (tertiary/aromatic N) is 2. The highest BCUT2D eigenvalue weighted by molar-refractivity contribution is 6.02. The molecule has 0 saturated heterocycles. The van der Waals surface area contributed by atoms with Gasteiger partial charge in [-0.3, -0.25) is 19.4 Å². The summed E-state index contributed by atoms with van der Waals surface area (Å²) in [6.07, 6.45) is 1.94. The Morgan fingerprint density at radius 3 is 2.66 bits per heavy atom. The highest BCUT2D eigenvalue weighted by atomic mass is 19.1. The minimum atomic E-state index is -0.815. The zero-order valence-corrected chi connectivity index (χ0v) is 17.6. The van der Waals surface area contributed by atoms with Crippen LogP contribution >= 0.6 is 0 Å². The van der Waals surface area contributed by atoms with Gasteiger partial charge in [-0.25, -0.2) is 4.39 Å². The van der Waals surface area contributed by atoms with E-state index in [1.165, 1.54) is 32.5 Å². The average Bonchev–Trinajstić information content (AvgIpc) is 2.75. The van der Waals surface area contributed by atoms with Crippen molar-refractivity contribution in [1.29, 1.82) is 0 Å². The predicted octanol–water partition coefficient (Wildman–Crippen LogP) is 1.19. The van der Waals surface area contributed by atoms with Gasteiger partial charge < -0.3 is 25.0 Å². The third kappa shape index (κ3) is 5.27. The summed E-state index contributed by atoms with van der Waals surface area (Å²) >= 11 is 0. The number of likely N-dealkylation sites (N-methyl/N-ethyl adjacent to an activating group) is 1. The van der Waals surface area contributed by atoms with E-state index in [1.807, 2.05) is 0 Å². The molecule has 0 aliphatic rings. The molecule has 3 aromatic rings. The van der Waals surface area contributed by atoms with Gasteiger partial charge in [0.15, 0.2) is 5.75 Å². The smallest absolute Gasteiger partial charge is 0.265 e. The number of amides is 2. The van der Waals surface area contributed by atoms with Crippen LogP contribution in [0, 0.1) is 5.82 Å². The van der Waals surface area contributed by atoms with Crippen LogP contribution in [0.3, 0.4) is 0 Å². The molecule has 32 heavy (non-hydrogen) atoms. The van der Waals surface area contributed by atoms with Crippen LogP contribution in [-0.2, 0) is 16.0 Å². The van der Waals surface area contributed by atoms with Crippen LogP contribution in [-0.4, -0.2) is 65.6 Å². The normalized spacial score (nSPS) is 10.8. The van der Waals surface area contributed by atoms with Gasteiger partial charge in [-0.1, -0.05) is 12.1 Å². The molecule has 0 bridgehead atoms. The van der Waals surface area contributed by atoms with Crippen molar-refractivity contribution in [3.05, 3.63) is 69.4 Å². The topological polar surface area (TPSA) is 125 Å². The molecule has 0 fully saturated rings. The molecular formula is C22H23FN4O5. The summed E-state index contributed by atoms with van der Waals surface area (Å²) in [5.74, 6) is -2.15. The zero-order valence-electron chi connectivity index (χ0n) is 17.6. The molecule has 0 radical (unpaired) electrons. The van der Waals surface area contributed by atoms with Crippen molar-refractivity contribution >= 4 is 22.8 Å². The summed E-state index contributed by atoms with van der Waals surface area (Å²) in [6, 6.07) is 7.62. The molecular weight excluding hydrogens is 419 g/mol. The van der Waals surface area contributed by atoms with Gasteiger partial charge in [0.25, 0.3) is 11.5 Å². The van der Waals surface area contributed by atoms with E-state index in [4.69, 9.17) is 4.74 Å². The molecule has 3 N–H and O–H groups in total. The lowest BCUT2D eigenvalue weighted by Crippen LogP contribution is -2.40. The second-order valence-corrected chi connectivity index (χ2v) is 7.22. The number of methoxy groups -OCH3 is 1. The molecule has 3 rings (SSSR count). The summed E-state index contributed by atoms with van der Waals surface area (Å²) in [6.45, 7) is 0.302. The van der Waals surface area contributed by atoms with Gasteiger partial charge >= 0.3 is 0 Å². The Bertz CT molecular complexity index is 1190. The number of hydrogen-bond acceptors (Lipinski definition) is 6. The Labute approximate surface area is 182 Å². The lowest BCUT2D eigenvalue weighted by Gasteiger charge is -2.17. The molecule has 10 heteroatoms. The van der Waals surface area contributed by atoms with Gasteiger partial charge in [-0.2, -0.15) is 0 Å². The van der Waals surface area contributed by atoms with E-state index in [0.29, 0.717) is 13.0 Å². The van der Waals surface area contributed by atoms with Crippen molar-refractivity contribution in [2.24, 2.45) is 0 Å². The minimum absolute atomic E-state index is 0.0498. The number of aromatic nitrogens is 2. The average molecular weight is 442 g/mol. The van der Waals surface area contributed by atoms with Crippen molar-refractivity contribution in [3.63, 3.8) is 0 Å². The van der Waals surface area contributed by atoms with Gasteiger partial charge in [0.1, 0.15) is 16.9 Å². The first-order chi connectivity index (χ1) is 15.3. The third-order valence-corrected chi connectivity index (χ3v) is 4.77. The Hall–Kier alpha value is -3.79. The summed E-state index contributed by atoms with van der Waals surface area (Å²) in [4.78, 5) is 45.0. The number of rotatable bonds is 8. The lowest BCUT2D eigenvalue weighted by atomic mass is 10.1. The summed E-state index contributed by atoms with van der Waals surface area (Å²) in [7, 11) is 2.84. The van der Waals surface area contributed by atoms with Crippen molar-refractivity contribution < 1.29 is 23.8 Å². The molecule has 168 valence electrons. The quantitative estimate of drug-likeness (QED) is 0.450. The Kier molecular flexibility index (Phi) is 7.16. The molecule has 0 spiro atoms. The van der Waals surface area contributed by atoms with Gasteiger partial charge in [0, 0.05) is 26.9 Å². The molecule has 2 aromatic heterocycles. The zero-order chi connectivity index (χ0) is 23.3. The number of benzene rings is 1. The number of aromatic hydroxyl groups is 1. The molecule has 0 atom stereocenters. The Morgan fingerprint density at radius 2 is 1.97 bits per heavy atom. The highest BCUT2D eigenvalue weighted by Crippen LogP contribution is 2.25. The number of pyridine rings is 2. The van der Waals surface area contributed by atoms with E-state index in [9.17, 15) is 23.9 Å². The van der Waals surface area contributed by atoms with Gasteiger partial charge in [-0.15, -0.1) is 0 Å². The fourth-order valence-electron chi connectivity index (χ4n) is 3.16. The number of ether oxygens (including phenoxy) is 1. The van der Waals surface area contributed by atoms with Crippen molar-refractivity contribution in [2.75, 3.05) is 33.9 Å². The van der Waals surface area contributed by atoms with Crippen molar-refractivity contribution in [3.8, 4) is 5.75 Å². The van der Waals surface area contributed by atoms with Gasteiger partial charge in [0.2, 0.25) is 5.91 Å². The molecule has 0 saturated carbocycles. The van der Waals surface area contributed by atoms with E-state index in [-0.39, 0.29) is 29.9 Å². The monoisotopic (exact) mass is 442 g/mol. The van der Waals surface area contributed by atoms with Gasteiger partial charge in [0.05, 0.1) is 18.7 Å². The number of halogens is 1. The van der Waals surface area contributed by atoms with Crippen LogP contribution < -0.4 is 10.9 Å². The third-order valence-electron chi connectivity index (χ3n) is 4.77. The first-order valence-corrected chi connectivity index (χ1v) is 9.79. The Morgan fingerprint density at radius 1 is 1.25 bits per heavy atom. The van der Waals surface area contributed by atoms with Gasteiger partial charge in [-0.05, 0) is 35.7 Å². The molecule has 2 amide bonds. The second kappa shape index (κ2) is 10.0. The predicted molar refractivity (Wildman–Crippen MR) is 115 cm³/mol. The fraction of sp³-hybridized carbons (Fsp3) is 0.273. The highest BCUT2D eigenvalue weighted by Gasteiger charge is 2.24. The lowest BCUT2D eigenvalue weighted by molar-refractivity contribution is -0.121. The molecule has 1 aromatic carbocycles. The molecule has 9 nitrogen and oxygen atoms in total. The van der Waals surface area contributed by atoms with E-state index in [1.54, 1.807) is 18.2 Å². The standard InChI is InChI=1S/C22H23FN4O5/c1-27(12-17(28)24-7-8-32-2)22(31)18-20(29)19-16(26-21(18)30)10-14(11-25-19)9-13-3-5-15(23)6-4-13/h3-6,10-11H,7-9,12H2,1-2H3,(H,24,28)(H2,26,29,30). The van der Waals surface area contributed by atoms with E-state index in [0.717, 1.165) is 16.0 Å². The number of hydrogen-bond donors (Lipinski definition) is 3. The first-order valence-electron chi connectivity index (χ1n) is 9.79. The maximum absolute atomic E-state index is 13.1. The number of nitrogens with one attached hydrogen (secondary N) is 2. The number of carbonyl (C=O) groups is 2. The van der Waals surface area contributed by atoms with Crippen LogP contribution in [0.15, 0.2) is 41.3 Å². The minimum Gasteiger partial charge on any atom is -0.505 e. The maximum Gasteiger partial charge on any atom is 0.265 e. The number of aromatic amines is 1. The summed E-state index contributed by atoms with van der Waals surface area (Å²) in [5.41, 5.74) is 0.577. The van der Waals surface area contributed by atoms with Crippen LogP contribution in [0.2, 0.25) is 0 Å². The van der Waals surface area contributed by atoms with Crippen LogP contribution in [0.1, 0.15) is 21.5 Å². The molecule has 0 unspecified atom stereocenters. The van der Waals surface area contributed by atoms with E-state index in [2.05, 4.69) is 15.3 Å². The maximum atomic E-state index is 13.1. The molecule has 0 aliphatic carbocycles. The van der Waals surface area contributed by atoms with Crippen LogP contribution in [0.5, 0.6) is 5.75 Å². The van der Waals surface area contributed by atoms with E-state index >= 15 is 0 Å². The summed E-state index contributed by atoms with van der Waals surface area (Å²) in [5, 5.41) is 13.1. The number of fused-ring (bicyclic) bond motifs is 1. The summed E-state index contributed by atoms with van der Waals surface area (Å²) < 4.78 is 17.9. The number of carbonyl (C=O) groups excluding carboxylic acids is 2. The van der Waals surface area contributed by atoms with Crippen LogP contribution in [0.25, 0.3) is 11.0 Å². The Balaban J connectivity index is 1.82. The fourth-order valence-corrected chi connectivity index (χ4v) is 3.16. The van der Waals surface area contributed by atoms with E-state index < -0.39 is 28.7 Å². The first kappa shape index (κ1) is 22.9. The number of H-pyrrole nitrogens is 1. The van der Waals surface area contributed by atoms with Crippen LogP contribution in [0.4, 0.5) is 4.39 Å². The SMILES string of the molecule is COCCNC(=O)CN(C)C(=O)c1c(O)c2ncc(Cc3ccc(F)cc3)cc2[nH]c1=O.